The van der Waals surface area contributed by atoms with Crippen LogP contribution in [0.3, 0.4) is 0 Å². The summed E-state index contributed by atoms with van der Waals surface area (Å²) >= 11 is 0. The van der Waals surface area contributed by atoms with Gasteiger partial charge in [-0.2, -0.15) is 0 Å². The second-order valence-corrected chi connectivity index (χ2v) is 6.61. The lowest BCUT2D eigenvalue weighted by Crippen LogP contribution is -2.39. The van der Waals surface area contributed by atoms with Gasteiger partial charge in [-0.15, -0.1) is 0 Å². The minimum Gasteiger partial charge on any atom is -0.323 e. The zero-order valence-corrected chi connectivity index (χ0v) is 13.5. The number of nitrogens with two attached hydrogens (primary N) is 1. The molecule has 0 saturated carbocycles. The first-order chi connectivity index (χ1) is 9.52. The van der Waals surface area contributed by atoms with Crippen LogP contribution >= 0.6 is 0 Å². The molecule has 3 unspecified atom stereocenters. The van der Waals surface area contributed by atoms with Gasteiger partial charge >= 0.3 is 0 Å². The van der Waals surface area contributed by atoms with E-state index in [-0.39, 0.29) is 6.04 Å². The molecule has 1 aromatic carbocycles. The molecule has 112 valence electrons. The summed E-state index contributed by atoms with van der Waals surface area (Å²) in [4.78, 5) is 2.61. The molecule has 2 N–H and O–H groups in total. The Kier molecular flexibility index (Phi) is 5.22. The van der Waals surface area contributed by atoms with Gasteiger partial charge in [-0.05, 0) is 43.2 Å². The Balaban J connectivity index is 2.02. The van der Waals surface area contributed by atoms with Crippen LogP contribution in [0.5, 0.6) is 0 Å². The minimum absolute atomic E-state index is 0.130. The Hall–Kier alpha value is -0.860. The van der Waals surface area contributed by atoms with Gasteiger partial charge in [0.05, 0.1) is 0 Å². The number of hydrogen-bond donors (Lipinski definition) is 1. The molecule has 2 rings (SSSR count). The summed E-state index contributed by atoms with van der Waals surface area (Å²) in [6, 6.07) is 10.4. The van der Waals surface area contributed by atoms with Crippen LogP contribution in [0.25, 0.3) is 0 Å². The van der Waals surface area contributed by atoms with Gasteiger partial charge in [-0.1, -0.05) is 45.0 Å². The van der Waals surface area contributed by atoms with Gasteiger partial charge in [0, 0.05) is 24.7 Å². The largest absolute Gasteiger partial charge is 0.323 e. The van der Waals surface area contributed by atoms with Gasteiger partial charge in [0.25, 0.3) is 0 Å². The van der Waals surface area contributed by atoms with Crippen LogP contribution in [0.2, 0.25) is 0 Å². The van der Waals surface area contributed by atoms with Crippen LogP contribution < -0.4 is 5.73 Å². The predicted molar refractivity (Wildman–Crippen MR) is 86.9 cm³/mol. The van der Waals surface area contributed by atoms with Crippen molar-refractivity contribution >= 4 is 0 Å². The van der Waals surface area contributed by atoms with Crippen LogP contribution in [0.15, 0.2) is 24.3 Å². The quantitative estimate of drug-likeness (QED) is 0.877. The van der Waals surface area contributed by atoms with Crippen LogP contribution in [0, 0.1) is 0 Å². The van der Waals surface area contributed by atoms with Gasteiger partial charge in [-0.3, -0.25) is 4.90 Å². The average Bonchev–Trinajstić information content (AvgIpc) is 2.79. The SMILES string of the molecule is CCC1CCC(C)N1CC(N)c1ccc(C(C)C)cc1. The molecule has 1 fully saturated rings. The standard InChI is InChI=1S/C18H30N2/c1-5-17-11-6-14(4)20(17)12-18(19)16-9-7-15(8-10-16)13(2)3/h7-10,13-14,17-18H,5-6,11-12,19H2,1-4H3. The van der Waals surface area contributed by atoms with Crippen molar-refractivity contribution in [3.8, 4) is 0 Å². The summed E-state index contributed by atoms with van der Waals surface area (Å²) in [5, 5.41) is 0. The molecular formula is C18H30N2. The average molecular weight is 274 g/mol. The Morgan fingerprint density at radius 2 is 1.75 bits per heavy atom. The highest BCUT2D eigenvalue weighted by molar-refractivity contribution is 5.27. The lowest BCUT2D eigenvalue weighted by molar-refractivity contribution is 0.186. The fourth-order valence-corrected chi connectivity index (χ4v) is 3.35. The second kappa shape index (κ2) is 6.73. The number of nitrogens with zero attached hydrogens (tertiary/aromatic N) is 1. The van der Waals surface area contributed by atoms with E-state index < -0.39 is 0 Å². The van der Waals surface area contributed by atoms with E-state index in [0.717, 1.165) is 12.6 Å². The summed E-state index contributed by atoms with van der Waals surface area (Å²) in [6.07, 6.45) is 3.89. The summed E-state index contributed by atoms with van der Waals surface area (Å²) in [5.74, 6) is 0.586. The molecule has 0 aromatic heterocycles. The van der Waals surface area contributed by atoms with E-state index in [2.05, 4.69) is 56.9 Å². The second-order valence-electron chi connectivity index (χ2n) is 6.61. The molecule has 0 spiro atoms. The molecule has 0 aliphatic carbocycles. The number of rotatable bonds is 5. The van der Waals surface area contributed by atoms with E-state index in [1.807, 2.05) is 0 Å². The molecule has 0 radical (unpaired) electrons. The molecular weight excluding hydrogens is 244 g/mol. The Morgan fingerprint density at radius 1 is 1.15 bits per heavy atom. The molecule has 20 heavy (non-hydrogen) atoms. The van der Waals surface area contributed by atoms with Gasteiger partial charge in [0.2, 0.25) is 0 Å². The maximum absolute atomic E-state index is 6.44. The highest BCUT2D eigenvalue weighted by Gasteiger charge is 2.30. The molecule has 1 heterocycles. The molecule has 2 heteroatoms. The fraction of sp³-hybridized carbons (Fsp3) is 0.667. The molecule has 2 nitrogen and oxygen atoms in total. The molecule has 3 atom stereocenters. The van der Waals surface area contributed by atoms with E-state index in [1.54, 1.807) is 0 Å². The first-order valence-corrected chi connectivity index (χ1v) is 8.14. The topological polar surface area (TPSA) is 29.3 Å². The van der Waals surface area contributed by atoms with Crippen molar-refractivity contribution in [1.29, 1.82) is 0 Å². The normalized spacial score (nSPS) is 25.3. The van der Waals surface area contributed by atoms with Crippen molar-refractivity contribution in [2.45, 2.75) is 71.0 Å². The van der Waals surface area contributed by atoms with Gasteiger partial charge < -0.3 is 5.73 Å². The van der Waals surface area contributed by atoms with Gasteiger partial charge in [0.15, 0.2) is 0 Å². The molecule has 1 aliphatic rings. The van der Waals surface area contributed by atoms with Crippen molar-refractivity contribution in [1.82, 2.24) is 4.90 Å². The van der Waals surface area contributed by atoms with Crippen molar-refractivity contribution in [3.05, 3.63) is 35.4 Å². The summed E-state index contributed by atoms with van der Waals surface area (Å²) in [6.45, 7) is 10.1. The van der Waals surface area contributed by atoms with E-state index in [9.17, 15) is 0 Å². The smallest absolute Gasteiger partial charge is 0.0424 e. The predicted octanol–water partition coefficient (Wildman–Crippen LogP) is 4.07. The van der Waals surface area contributed by atoms with Crippen LogP contribution in [0.4, 0.5) is 0 Å². The highest BCUT2D eigenvalue weighted by atomic mass is 15.2. The Labute approximate surface area is 124 Å². The third-order valence-corrected chi connectivity index (χ3v) is 4.86. The van der Waals surface area contributed by atoms with E-state index in [0.29, 0.717) is 12.0 Å². The number of benzene rings is 1. The fourth-order valence-electron chi connectivity index (χ4n) is 3.35. The maximum atomic E-state index is 6.44. The third-order valence-electron chi connectivity index (χ3n) is 4.86. The van der Waals surface area contributed by atoms with Crippen LogP contribution in [0.1, 0.15) is 70.0 Å². The number of likely N-dealkylation sites (tertiary alicyclic amines) is 1. The number of hydrogen-bond acceptors (Lipinski definition) is 2. The lowest BCUT2D eigenvalue weighted by atomic mass is 9.99. The van der Waals surface area contributed by atoms with Crippen LogP contribution in [-0.2, 0) is 0 Å². The molecule has 1 aliphatic heterocycles. The first kappa shape index (κ1) is 15.5. The van der Waals surface area contributed by atoms with Crippen molar-refractivity contribution in [2.24, 2.45) is 5.73 Å². The molecule has 1 saturated heterocycles. The van der Waals surface area contributed by atoms with Crippen LogP contribution in [-0.4, -0.2) is 23.5 Å². The Morgan fingerprint density at radius 3 is 2.30 bits per heavy atom. The third kappa shape index (κ3) is 3.42. The van der Waals surface area contributed by atoms with E-state index >= 15 is 0 Å². The van der Waals surface area contributed by atoms with Crippen molar-refractivity contribution in [2.75, 3.05) is 6.54 Å². The van der Waals surface area contributed by atoms with Gasteiger partial charge in [0.1, 0.15) is 0 Å². The molecule has 0 bridgehead atoms. The molecule has 0 amide bonds. The highest BCUT2D eigenvalue weighted by Crippen LogP contribution is 2.28. The molecule has 1 aromatic rings. The zero-order chi connectivity index (χ0) is 14.7. The van der Waals surface area contributed by atoms with Crippen molar-refractivity contribution < 1.29 is 0 Å². The lowest BCUT2D eigenvalue weighted by Gasteiger charge is -2.30. The minimum atomic E-state index is 0.130. The summed E-state index contributed by atoms with van der Waals surface area (Å²) in [7, 11) is 0. The monoisotopic (exact) mass is 274 g/mol. The first-order valence-electron chi connectivity index (χ1n) is 8.14. The van der Waals surface area contributed by atoms with E-state index in [4.69, 9.17) is 5.73 Å². The van der Waals surface area contributed by atoms with Gasteiger partial charge in [-0.25, -0.2) is 0 Å². The van der Waals surface area contributed by atoms with E-state index in [1.165, 1.54) is 30.4 Å². The van der Waals surface area contributed by atoms with Crippen molar-refractivity contribution in [3.63, 3.8) is 0 Å². The summed E-state index contributed by atoms with van der Waals surface area (Å²) in [5.41, 5.74) is 9.10. The Bertz CT molecular complexity index is 410. The summed E-state index contributed by atoms with van der Waals surface area (Å²) < 4.78 is 0. The zero-order valence-electron chi connectivity index (χ0n) is 13.5. The maximum Gasteiger partial charge on any atom is 0.0424 e.